The predicted molar refractivity (Wildman–Crippen MR) is 58.2 cm³/mol. The lowest BCUT2D eigenvalue weighted by molar-refractivity contribution is -0.150. The van der Waals surface area contributed by atoms with Gasteiger partial charge in [-0.05, 0) is 6.08 Å². The van der Waals surface area contributed by atoms with Crippen LogP contribution in [0.25, 0.3) is 0 Å². The normalized spacial score (nSPS) is 23.4. The molecule has 0 saturated heterocycles. The van der Waals surface area contributed by atoms with Crippen molar-refractivity contribution < 1.29 is 23.7 Å². The van der Waals surface area contributed by atoms with Crippen LogP contribution in [0, 0.1) is 0 Å². The summed E-state index contributed by atoms with van der Waals surface area (Å²) in [6, 6.07) is 3.30. The molecule has 92 valence electrons. The van der Waals surface area contributed by atoms with Crippen molar-refractivity contribution in [3.05, 3.63) is 30.0 Å². The number of nitrogens with zero attached hydrogens (tertiary/aromatic N) is 1. The van der Waals surface area contributed by atoms with Crippen LogP contribution in [0.5, 0.6) is 17.2 Å². The number of fused-ring (bicyclic) bond motifs is 3. The first-order valence-electron chi connectivity index (χ1n) is 5.54. The highest BCUT2D eigenvalue weighted by Gasteiger charge is 2.36. The summed E-state index contributed by atoms with van der Waals surface area (Å²) in [5, 5.41) is 0. The summed E-state index contributed by atoms with van der Waals surface area (Å²) in [7, 11) is 0. The minimum Gasteiger partial charge on any atom is -0.454 e. The maximum Gasteiger partial charge on any atom is 0.290 e. The lowest BCUT2D eigenvalue weighted by Gasteiger charge is -2.35. The molecule has 0 aromatic heterocycles. The Morgan fingerprint density at radius 1 is 1.17 bits per heavy atom. The third-order valence-corrected chi connectivity index (χ3v) is 3.00. The second-order valence-corrected chi connectivity index (χ2v) is 4.06. The number of rotatable bonds is 0. The summed E-state index contributed by atoms with van der Waals surface area (Å²) >= 11 is 0. The van der Waals surface area contributed by atoms with Gasteiger partial charge in [0, 0.05) is 18.3 Å². The van der Waals surface area contributed by atoms with Crippen molar-refractivity contribution in [3.8, 4) is 17.2 Å². The Bertz CT molecular complexity index is 568. The molecule has 0 radical (unpaired) electrons. The van der Waals surface area contributed by atoms with Crippen LogP contribution in [0.1, 0.15) is 10.4 Å². The van der Waals surface area contributed by atoms with Crippen LogP contribution in [0.4, 0.5) is 0 Å². The van der Waals surface area contributed by atoms with Crippen LogP contribution in [0.2, 0.25) is 0 Å². The lowest BCUT2D eigenvalue weighted by atomic mass is 10.1. The van der Waals surface area contributed by atoms with E-state index in [1.807, 2.05) is 0 Å². The highest BCUT2D eigenvalue weighted by atomic mass is 16.7. The number of hydrogen-bond donors (Lipinski definition) is 0. The van der Waals surface area contributed by atoms with E-state index in [0.717, 1.165) is 0 Å². The molecule has 0 saturated carbocycles. The maximum absolute atomic E-state index is 12.3. The zero-order valence-electron chi connectivity index (χ0n) is 9.29. The number of hydrogen-bond acceptors (Lipinski definition) is 5. The van der Waals surface area contributed by atoms with Gasteiger partial charge in [0.25, 0.3) is 12.3 Å². The van der Waals surface area contributed by atoms with Gasteiger partial charge in [-0.25, -0.2) is 0 Å². The molecule has 1 aromatic carbocycles. The van der Waals surface area contributed by atoms with E-state index >= 15 is 0 Å². The molecule has 4 rings (SSSR count). The molecule has 18 heavy (non-hydrogen) atoms. The highest BCUT2D eigenvalue weighted by molar-refractivity contribution is 5.99. The van der Waals surface area contributed by atoms with E-state index in [9.17, 15) is 4.79 Å². The first-order chi connectivity index (χ1) is 8.83. The molecule has 1 amide bonds. The molecule has 3 aliphatic rings. The topological polar surface area (TPSA) is 57.2 Å². The monoisotopic (exact) mass is 247 g/mol. The summed E-state index contributed by atoms with van der Waals surface area (Å²) in [6.07, 6.45) is 2.73. The third-order valence-electron chi connectivity index (χ3n) is 3.00. The Kier molecular flexibility index (Phi) is 1.84. The van der Waals surface area contributed by atoms with Gasteiger partial charge in [-0.3, -0.25) is 9.69 Å². The van der Waals surface area contributed by atoms with E-state index in [1.54, 1.807) is 24.4 Å². The summed E-state index contributed by atoms with van der Waals surface area (Å²) in [5.74, 6) is 1.43. The van der Waals surface area contributed by atoms with Gasteiger partial charge < -0.3 is 18.9 Å². The van der Waals surface area contributed by atoms with Gasteiger partial charge in [-0.15, -0.1) is 0 Å². The SMILES string of the molecule is O=C1c2cc3c(cc2OC2OCC=CN12)OCO3. The average molecular weight is 247 g/mol. The van der Waals surface area contributed by atoms with E-state index in [2.05, 4.69) is 0 Å². The lowest BCUT2D eigenvalue weighted by Crippen LogP contribution is -2.47. The number of carbonyl (C=O) groups is 1. The van der Waals surface area contributed by atoms with Gasteiger partial charge in [0.1, 0.15) is 5.75 Å². The van der Waals surface area contributed by atoms with Gasteiger partial charge in [0.2, 0.25) is 6.79 Å². The third kappa shape index (κ3) is 1.23. The molecule has 0 fully saturated rings. The van der Waals surface area contributed by atoms with Gasteiger partial charge in [-0.2, -0.15) is 0 Å². The fourth-order valence-corrected chi connectivity index (χ4v) is 2.13. The van der Waals surface area contributed by atoms with Crippen molar-refractivity contribution in [2.24, 2.45) is 0 Å². The van der Waals surface area contributed by atoms with Crippen LogP contribution in [0.3, 0.4) is 0 Å². The highest BCUT2D eigenvalue weighted by Crippen LogP contribution is 2.41. The van der Waals surface area contributed by atoms with Crippen LogP contribution in [-0.2, 0) is 4.74 Å². The van der Waals surface area contributed by atoms with Crippen molar-refractivity contribution in [1.82, 2.24) is 4.90 Å². The Morgan fingerprint density at radius 2 is 2.00 bits per heavy atom. The van der Waals surface area contributed by atoms with E-state index in [4.69, 9.17) is 18.9 Å². The minimum atomic E-state index is -0.699. The number of ether oxygens (including phenoxy) is 4. The number of carbonyl (C=O) groups excluding carboxylic acids is 1. The van der Waals surface area contributed by atoms with Crippen LogP contribution >= 0.6 is 0 Å². The Hall–Kier alpha value is -2.21. The summed E-state index contributed by atoms with van der Waals surface area (Å²) in [6.45, 7) is 0.588. The molecule has 1 aromatic rings. The molecule has 3 heterocycles. The molecule has 0 aliphatic carbocycles. The van der Waals surface area contributed by atoms with E-state index in [0.29, 0.717) is 29.4 Å². The standard InChI is InChI=1S/C12H9NO5/c14-11-7-4-9-10(17-6-16-9)5-8(7)18-12-13(11)2-1-3-15-12/h1-2,4-5,12H,3,6H2. The van der Waals surface area contributed by atoms with Crippen molar-refractivity contribution in [2.45, 2.75) is 6.41 Å². The van der Waals surface area contributed by atoms with Gasteiger partial charge in [-0.1, -0.05) is 0 Å². The van der Waals surface area contributed by atoms with E-state index < -0.39 is 6.41 Å². The Morgan fingerprint density at radius 3 is 2.89 bits per heavy atom. The van der Waals surface area contributed by atoms with Crippen LogP contribution in [0.15, 0.2) is 24.4 Å². The first kappa shape index (κ1) is 9.78. The molecular weight excluding hydrogens is 238 g/mol. The average Bonchev–Trinajstić information content (AvgIpc) is 2.84. The first-order valence-corrected chi connectivity index (χ1v) is 5.54. The number of benzene rings is 1. The molecule has 0 N–H and O–H groups in total. The zero-order valence-corrected chi connectivity index (χ0v) is 9.29. The van der Waals surface area contributed by atoms with E-state index in [-0.39, 0.29) is 12.7 Å². The number of amides is 1. The van der Waals surface area contributed by atoms with E-state index in [1.165, 1.54) is 4.90 Å². The Labute approximate surface area is 102 Å². The fourth-order valence-electron chi connectivity index (χ4n) is 2.13. The van der Waals surface area contributed by atoms with Crippen LogP contribution < -0.4 is 14.2 Å². The molecule has 3 aliphatic heterocycles. The largest absolute Gasteiger partial charge is 0.454 e. The fraction of sp³-hybridized carbons (Fsp3) is 0.250. The summed E-state index contributed by atoms with van der Waals surface area (Å²) in [4.78, 5) is 13.7. The molecule has 6 heteroatoms. The van der Waals surface area contributed by atoms with Crippen molar-refractivity contribution in [1.29, 1.82) is 0 Å². The van der Waals surface area contributed by atoms with Crippen molar-refractivity contribution in [2.75, 3.05) is 13.4 Å². The second kappa shape index (κ2) is 3.39. The molecule has 6 nitrogen and oxygen atoms in total. The second-order valence-electron chi connectivity index (χ2n) is 4.06. The molecule has 1 atom stereocenters. The van der Waals surface area contributed by atoms with Crippen molar-refractivity contribution in [3.63, 3.8) is 0 Å². The van der Waals surface area contributed by atoms with Crippen LogP contribution in [-0.4, -0.2) is 30.6 Å². The Balaban J connectivity index is 1.83. The van der Waals surface area contributed by atoms with Gasteiger partial charge in [0.15, 0.2) is 11.5 Å². The van der Waals surface area contributed by atoms with Gasteiger partial charge >= 0.3 is 0 Å². The van der Waals surface area contributed by atoms with Gasteiger partial charge in [0.05, 0.1) is 12.2 Å². The summed E-state index contributed by atoms with van der Waals surface area (Å²) in [5.41, 5.74) is 0.450. The smallest absolute Gasteiger partial charge is 0.290 e. The maximum atomic E-state index is 12.3. The molecule has 0 spiro atoms. The molecule has 0 bridgehead atoms. The predicted octanol–water partition coefficient (Wildman–Crippen LogP) is 1.08. The minimum absolute atomic E-state index is 0.163. The zero-order chi connectivity index (χ0) is 12.1. The quantitative estimate of drug-likeness (QED) is 0.686. The molecular formula is C12H9NO5. The van der Waals surface area contributed by atoms with Crippen molar-refractivity contribution >= 4 is 5.91 Å². The molecule has 1 unspecified atom stereocenters. The summed E-state index contributed by atoms with van der Waals surface area (Å²) < 4.78 is 21.5.